The van der Waals surface area contributed by atoms with E-state index in [1.807, 2.05) is 34.6 Å². The van der Waals surface area contributed by atoms with Crippen LogP contribution in [-0.2, 0) is 41.7 Å². The number of aryl methyl sites for hydroxylation is 1. The third-order valence-electron chi connectivity index (χ3n) is 3.98. The monoisotopic (exact) mass is 595 g/mol. The SMILES string of the molecule is CCOP(=S)(OCC)Oc1cc(C)nc(C(C)C)n1.CCOP(=S)(OCC)Oc1ccc([N+](=O)[O-])cc1. The average Bonchev–Trinajstić information content (AvgIpc) is 2.79. The molecule has 2 rings (SSSR count). The molecule has 0 saturated carbocycles. The van der Waals surface area contributed by atoms with Gasteiger partial charge in [-0.3, -0.25) is 28.2 Å². The first-order valence-corrected chi connectivity index (χ1v) is 16.8. The Morgan fingerprint density at radius 2 is 1.32 bits per heavy atom. The van der Waals surface area contributed by atoms with E-state index < -0.39 is 18.4 Å². The van der Waals surface area contributed by atoms with E-state index in [1.54, 1.807) is 19.9 Å². The first-order valence-electron chi connectivity index (χ1n) is 11.7. The Morgan fingerprint density at radius 3 is 1.73 bits per heavy atom. The standard InChI is InChI=1S/C12H21N2O3PS.C10H14NO5PS/c1-6-15-18(19,16-7-2)17-11-8-10(5)13-12(14-11)9(3)4;1-3-14-17(18,15-4-2)16-10-7-5-9(6-8-10)11(12)13/h8-9H,6-7H2,1-5H3;5-8H,3-4H2,1-2H3. The predicted octanol–water partition coefficient (Wildman–Crippen LogP) is 6.86. The molecule has 0 spiro atoms. The number of hydrogen-bond acceptors (Lipinski definition) is 12. The molecule has 0 atom stereocenters. The normalized spacial score (nSPS) is 11.6. The topological polar surface area (TPSA) is 124 Å². The van der Waals surface area contributed by atoms with Crippen LogP contribution < -0.4 is 9.05 Å². The molecular weight excluding hydrogens is 560 g/mol. The van der Waals surface area contributed by atoms with Crippen molar-refractivity contribution in [1.29, 1.82) is 0 Å². The molecule has 208 valence electrons. The molecule has 1 heterocycles. The molecule has 2 aromatic rings. The molecule has 0 fully saturated rings. The van der Waals surface area contributed by atoms with Gasteiger partial charge in [-0.2, -0.15) is 4.98 Å². The van der Waals surface area contributed by atoms with Crippen LogP contribution in [0.2, 0.25) is 0 Å². The molecule has 15 heteroatoms. The van der Waals surface area contributed by atoms with Gasteiger partial charge in [0.25, 0.3) is 5.69 Å². The smallest absolute Gasteiger partial charge is 0.381 e. The minimum Gasteiger partial charge on any atom is -0.424 e. The van der Waals surface area contributed by atoms with Crippen LogP contribution in [0.1, 0.15) is 59.0 Å². The van der Waals surface area contributed by atoms with Crippen molar-refractivity contribution in [2.45, 2.75) is 54.4 Å². The number of nitro benzene ring substituents is 1. The number of rotatable bonds is 14. The maximum Gasteiger partial charge on any atom is 0.381 e. The molecule has 0 saturated heterocycles. The minimum absolute atomic E-state index is 0.0107. The molecule has 0 aliphatic carbocycles. The lowest BCUT2D eigenvalue weighted by molar-refractivity contribution is -0.384. The van der Waals surface area contributed by atoms with Crippen LogP contribution in [0.25, 0.3) is 0 Å². The molecule has 0 N–H and O–H groups in total. The lowest BCUT2D eigenvalue weighted by atomic mass is 10.2. The molecule has 0 unspecified atom stereocenters. The van der Waals surface area contributed by atoms with Crippen molar-refractivity contribution in [1.82, 2.24) is 9.97 Å². The van der Waals surface area contributed by atoms with Crippen molar-refractivity contribution in [3.05, 3.63) is 52.0 Å². The number of benzene rings is 1. The summed E-state index contributed by atoms with van der Waals surface area (Å²) in [5.74, 6) is 1.76. The summed E-state index contributed by atoms with van der Waals surface area (Å²) in [7, 11) is 0. The molecular formula is C22H35N3O8P2S2. The number of hydrogen-bond donors (Lipinski definition) is 0. The fourth-order valence-electron chi connectivity index (χ4n) is 2.55. The van der Waals surface area contributed by atoms with Crippen LogP contribution in [0.15, 0.2) is 30.3 Å². The molecule has 1 aromatic heterocycles. The Kier molecular flexibility index (Phi) is 14.8. The number of nitro groups is 1. The Labute approximate surface area is 228 Å². The Bertz CT molecular complexity index is 1070. The van der Waals surface area contributed by atoms with Gasteiger partial charge in [-0.25, -0.2) is 4.98 Å². The van der Waals surface area contributed by atoms with Crippen LogP contribution in [-0.4, -0.2) is 41.3 Å². The molecule has 0 aliphatic heterocycles. The molecule has 11 nitrogen and oxygen atoms in total. The average molecular weight is 596 g/mol. The van der Waals surface area contributed by atoms with Gasteiger partial charge in [-0.15, -0.1) is 0 Å². The second kappa shape index (κ2) is 16.4. The van der Waals surface area contributed by atoms with E-state index >= 15 is 0 Å². The van der Waals surface area contributed by atoms with E-state index in [-0.39, 0.29) is 11.6 Å². The van der Waals surface area contributed by atoms with Gasteiger partial charge in [0.05, 0.1) is 31.4 Å². The van der Waals surface area contributed by atoms with Gasteiger partial charge in [0.15, 0.2) is 0 Å². The van der Waals surface area contributed by atoms with E-state index in [0.717, 1.165) is 11.5 Å². The predicted molar refractivity (Wildman–Crippen MR) is 150 cm³/mol. The van der Waals surface area contributed by atoms with Crippen molar-refractivity contribution in [3.63, 3.8) is 0 Å². The summed E-state index contributed by atoms with van der Waals surface area (Å²) >= 11 is 10.5. The molecule has 37 heavy (non-hydrogen) atoms. The number of aromatic nitrogens is 2. The summed E-state index contributed by atoms with van der Waals surface area (Å²) in [6.07, 6.45) is 0. The molecule has 0 aliphatic rings. The third kappa shape index (κ3) is 12.2. The van der Waals surface area contributed by atoms with E-state index in [4.69, 9.17) is 50.8 Å². The van der Waals surface area contributed by atoms with Crippen molar-refractivity contribution in [3.8, 4) is 11.6 Å². The zero-order valence-corrected chi connectivity index (χ0v) is 25.5. The first-order chi connectivity index (χ1) is 17.4. The zero-order valence-electron chi connectivity index (χ0n) is 22.1. The van der Waals surface area contributed by atoms with Crippen LogP contribution in [0, 0.1) is 17.0 Å². The van der Waals surface area contributed by atoms with Crippen molar-refractivity contribution >= 4 is 42.7 Å². The summed E-state index contributed by atoms with van der Waals surface area (Å²) in [5.41, 5.74) is 0.826. The van der Waals surface area contributed by atoms with Gasteiger partial charge in [0, 0.05) is 53.4 Å². The van der Waals surface area contributed by atoms with Gasteiger partial charge in [-0.05, 0) is 46.8 Å². The van der Waals surface area contributed by atoms with E-state index in [0.29, 0.717) is 38.1 Å². The highest BCUT2D eigenvalue weighted by Crippen LogP contribution is 2.50. The quantitative estimate of drug-likeness (QED) is 0.129. The highest BCUT2D eigenvalue weighted by Gasteiger charge is 2.23. The lowest BCUT2D eigenvalue weighted by Gasteiger charge is -2.20. The van der Waals surface area contributed by atoms with Crippen LogP contribution >= 0.6 is 13.4 Å². The van der Waals surface area contributed by atoms with Crippen LogP contribution in [0.5, 0.6) is 11.6 Å². The van der Waals surface area contributed by atoms with Crippen molar-refractivity contribution < 1.29 is 32.1 Å². The fourth-order valence-corrected chi connectivity index (χ4v) is 6.63. The molecule has 0 radical (unpaired) electrons. The summed E-state index contributed by atoms with van der Waals surface area (Å²) in [5, 5.41) is 10.5. The van der Waals surface area contributed by atoms with Crippen molar-refractivity contribution in [2.24, 2.45) is 0 Å². The summed E-state index contributed by atoms with van der Waals surface area (Å²) in [4.78, 5) is 18.7. The molecule has 0 bridgehead atoms. The first kappa shape index (κ1) is 33.5. The van der Waals surface area contributed by atoms with Crippen LogP contribution in [0.4, 0.5) is 5.69 Å². The van der Waals surface area contributed by atoms with Gasteiger partial charge in [-0.1, -0.05) is 13.8 Å². The van der Waals surface area contributed by atoms with Crippen LogP contribution in [0.3, 0.4) is 0 Å². The number of nitrogens with zero attached hydrogens (tertiary/aromatic N) is 3. The zero-order chi connectivity index (χ0) is 28.1. The summed E-state index contributed by atoms with van der Waals surface area (Å²) < 4.78 is 32.6. The Balaban J connectivity index is 0.000000371. The van der Waals surface area contributed by atoms with Gasteiger partial charge >= 0.3 is 13.4 Å². The van der Waals surface area contributed by atoms with E-state index in [2.05, 4.69) is 9.97 Å². The Hall–Kier alpha value is -1.56. The number of non-ortho nitro benzene ring substituents is 1. The highest BCUT2D eigenvalue weighted by molar-refractivity contribution is 8.08. The maximum atomic E-state index is 10.5. The van der Waals surface area contributed by atoms with Crippen molar-refractivity contribution in [2.75, 3.05) is 26.4 Å². The molecule has 1 aromatic carbocycles. The summed E-state index contributed by atoms with van der Waals surface area (Å²) in [6, 6.07) is 7.36. The second-order valence-corrected chi connectivity index (χ2v) is 13.2. The minimum atomic E-state index is -2.82. The van der Waals surface area contributed by atoms with E-state index in [1.165, 1.54) is 24.3 Å². The summed E-state index contributed by atoms with van der Waals surface area (Å²) in [6.45, 7) is 9.30. The van der Waals surface area contributed by atoms with Gasteiger partial charge < -0.3 is 9.05 Å². The highest BCUT2D eigenvalue weighted by atomic mass is 32.5. The van der Waals surface area contributed by atoms with E-state index in [9.17, 15) is 10.1 Å². The van der Waals surface area contributed by atoms with Gasteiger partial charge in [0.2, 0.25) is 5.88 Å². The maximum absolute atomic E-state index is 10.5. The third-order valence-corrected chi connectivity index (χ3v) is 8.84. The van der Waals surface area contributed by atoms with Gasteiger partial charge in [0.1, 0.15) is 11.6 Å². The largest absolute Gasteiger partial charge is 0.424 e. The Morgan fingerprint density at radius 1 is 0.865 bits per heavy atom. The lowest BCUT2D eigenvalue weighted by Crippen LogP contribution is -2.06. The second-order valence-electron chi connectivity index (χ2n) is 7.36. The molecule has 0 amide bonds. The fraction of sp³-hybridized carbons (Fsp3) is 0.545.